The summed E-state index contributed by atoms with van der Waals surface area (Å²) in [6.07, 6.45) is 1.23. The number of amides is 3. The average Bonchev–Trinajstić information content (AvgIpc) is 3.46. The van der Waals surface area contributed by atoms with Crippen molar-refractivity contribution in [2.45, 2.75) is 10.3 Å². The van der Waals surface area contributed by atoms with Crippen molar-refractivity contribution in [3.8, 4) is 5.75 Å². The van der Waals surface area contributed by atoms with Crippen LogP contribution in [-0.4, -0.2) is 74.1 Å². The Bertz CT molecular complexity index is 1340. The summed E-state index contributed by atoms with van der Waals surface area (Å²) in [5, 5.41) is 0.249. The Labute approximate surface area is 212 Å². The van der Waals surface area contributed by atoms with E-state index in [1.807, 2.05) is 6.07 Å². The number of para-hydroxylation sites is 1. The molecule has 0 radical (unpaired) electrons. The number of carbonyl (C=O) groups is 3. The van der Waals surface area contributed by atoms with E-state index < -0.39 is 32.8 Å². The smallest absolute Gasteiger partial charge is 0.288 e. The molecule has 0 saturated carbocycles. The zero-order valence-electron chi connectivity index (χ0n) is 19.6. The molecule has 2 heterocycles. The van der Waals surface area contributed by atoms with E-state index in [9.17, 15) is 27.2 Å². The molecule has 1 N–H and O–H groups in total. The summed E-state index contributed by atoms with van der Waals surface area (Å²) in [5.41, 5.74) is 0. The highest BCUT2D eigenvalue weighted by molar-refractivity contribution is 7.92. The number of ether oxygens (including phenoxy) is 1. The van der Waals surface area contributed by atoms with Gasteiger partial charge in [-0.3, -0.25) is 14.4 Å². The molecule has 12 heteroatoms. The van der Waals surface area contributed by atoms with Crippen LogP contribution < -0.4 is 10.1 Å². The van der Waals surface area contributed by atoms with Gasteiger partial charge in [-0.2, -0.15) is 0 Å². The Kier molecular flexibility index (Phi) is 7.87. The highest BCUT2D eigenvalue weighted by Crippen LogP contribution is 2.19. The number of benzene rings is 2. The van der Waals surface area contributed by atoms with Crippen molar-refractivity contribution in [2.75, 3.05) is 32.8 Å². The third-order valence-corrected chi connectivity index (χ3v) is 7.60. The van der Waals surface area contributed by atoms with Gasteiger partial charge in [0.15, 0.2) is 12.4 Å². The Morgan fingerprint density at radius 3 is 2.19 bits per heavy atom. The number of halogens is 1. The van der Waals surface area contributed by atoms with Gasteiger partial charge in [0.05, 0.1) is 11.2 Å². The molecule has 10 nitrogen and oxygen atoms in total. The minimum absolute atomic E-state index is 0.0436. The van der Waals surface area contributed by atoms with Gasteiger partial charge < -0.3 is 24.3 Å². The van der Waals surface area contributed by atoms with Crippen LogP contribution in [0.4, 0.5) is 4.39 Å². The van der Waals surface area contributed by atoms with E-state index in [4.69, 9.17) is 9.15 Å². The molecule has 194 valence electrons. The summed E-state index contributed by atoms with van der Waals surface area (Å²) in [7, 11) is -4.45. The molecule has 1 aliphatic rings. The Hall–Kier alpha value is -4.19. The van der Waals surface area contributed by atoms with Gasteiger partial charge >= 0.3 is 0 Å². The number of piperazine rings is 1. The van der Waals surface area contributed by atoms with Crippen molar-refractivity contribution in [3.05, 3.63) is 84.6 Å². The zero-order chi connectivity index (χ0) is 26.4. The topological polar surface area (TPSA) is 126 Å². The first-order chi connectivity index (χ1) is 17.8. The van der Waals surface area contributed by atoms with Crippen molar-refractivity contribution in [1.29, 1.82) is 0 Å². The molecule has 1 aliphatic heterocycles. The number of hydrogen-bond donors (Lipinski definition) is 1. The highest BCUT2D eigenvalue weighted by atomic mass is 32.2. The molecule has 4 rings (SSSR count). The lowest BCUT2D eigenvalue weighted by Crippen LogP contribution is -2.58. The maximum absolute atomic E-state index is 13.4. The number of nitrogens with one attached hydrogen (secondary N) is 1. The normalized spacial score (nSPS) is 14.6. The van der Waals surface area contributed by atoms with Gasteiger partial charge in [0.1, 0.15) is 11.6 Å². The quantitative estimate of drug-likeness (QED) is 0.440. The second-order valence-electron chi connectivity index (χ2n) is 8.14. The number of rotatable bonds is 8. The predicted octanol–water partition coefficient (Wildman–Crippen LogP) is 1.70. The molecule has 2 aromatic carbocycles. The molecule has 1 unspecified atom stereocenters. The van der Waals surface area contributed by atoms with Crippen LogP contribution >= 0.6 is 0 Å². The molecule has 0 spiro atoms. The van der Waals surface area contributed by atoms with Crippen molar-refractivity contribution in [2.24, 2.45) is 0 Å². The van der Waals surface area contributed by atoms with Crippen LogP contribution in [0, 0.1) is 5.82 Å². The Balaban J connectivity index is 1.45. The van der Waals surface area contributed by atoms with Crippen molar-refractivity contribution >= 4 is 27.6 Å². The molecule has 1 aromatic heterocycles. The summed E-state index contributed by atoms with van der Waals surface area (Å²) in [4.78, 5) is 40.9. The van der Waals surface area contributed by atoms with Gasteiger partial charge in [-0.1, -0.05) is 18.2 Å². The first kappa shape index (κ1) is 25.9. The molecule has 1 atom stereocenters. The Morgan fingerprint density at radius 1 is 0.919 bits per heavy atom. The van der Waals surface area contributed by atoms with E-state index in [-0.39, 0.29) is 49.3 Å². The van der Waals surface area contributed by atoms with Crippen molar-refractivity contribution in [3.63, 3.8) is 0 Å². The van der Waals surface area contributed by atoms with Crippen LogP contribution in [0.3, 0.4) is 0 Å². The molecular weight excluding hydrogens is 505 g/mol. The molecular formula is C25H24FN3O7S. The van der Waals surface area contributed by atoms with Crippen LogP contribution in [0.2, 0.25) is 0 Å². The molecule has 3 aromatic rings. The minimum Gasteiger partial charge on any atom is -0.484 e. The number of furan rings is 1. The minimum atomic E-state index is -4.45. The molecule has 0 bridgehead atoms. The van der Waals surface area contributed by atoms with Crippen LogP contribution in [0.5, 0.6) is 5.75 Å². The summed E-state index contributed by atoms with van der Waals surface area (Å²) in [6, 6.07) is 15.5. The van der Waals surface area contributed by atoms with Gasteiger partial charge in [-0.15, -0.1) is 0 Å². The van der Waals surface area contributed by atoms with E-state index in [1.54, 1.807) is 24.3 Å². The van der Waals surface area contributed by atoms with Gasteiger partial charge in [0.2, 0.25) is 15.2 Å². The number of hydrogen-bond acceptors (Lipinski definition) is 7. The SMILES string of the molecule is O=C(NC(C(=O)N1CCN(C(=O)COc2ccccc2)CC1)S(=O)(=O)c1ccc(F)cc1)c1ccco1. The summed E-state index contributed by atoms with van der Waals surface area (Å²) in [6.45, 7) is 0.207. The van der Waals surface area contributed by atoms with Crippen LogP contribution in [-0.2, 0) is 19.4 Å². The number of sulfone groups is 1. The molecule has 37 heavy (non-hydrogen) atoms. The van der Waals surface area contributed by atoms with E-state index in [2.05, 4.69) is 5.32 Å². The lowest BCUT2D eigenvalue weighted by Gasteiger charge is -2.36. The lowest BCUT2D eigenvalue weighted by molar-refractivity contribution is -0.140. The van der Waals surface area contributed by atoms with Crippen molar-refractivity contribution in [1.82, 2.24) is 15.1 Å². The first-order valence-electron chi connectivity index (χ1n) is 11.3. The van der Waals surface area contributed by atoms with E-state index in [0.717, 1.165) is 24.3 Å². The fourth-order valence-corrected chi connectivity index (χ4v) is 5.19. The molecule has 3 amide bonds. The summed E-state index contributed by atoms with van der Waals surface area (Å²) >= 11 is 0. The second kappa shape index (κ2) is 11.2. The van der Waals surface area contributed by atoms with Crippen LogP contribution in [0.25, 0.3) is 0 Å². The maximum atomic E-state index is 13.4. The van der Waals surface area contributed by atoms with Gasteiger partial charge in [0.25, 0.3) is 17.7 Å². The van der Waals surface area contributed by atoms with Gasteiger partial charge in [0, 0.05) is 26.2 Å². The maximum Gasteiger partial charge on any atom is 0.288 e. The summed E-state index contributed by atoms with van der Waals surface area (Å²) < 4.78 is 50.5. The molecule has 0 aliphatic carbocycles. The average molecular weight is 530 g/mol. The van der Waals surface area contributed by atoms with E-state index >= 15 is 0 Å². The monoisotopic (exact) mass is 529 g/mol. The Morgan fingerprint density at radius 2 is 1.57 bits per heavy atom. The molecule has 1 fully saturated rings. The number of carbonyl (C=O) groups excluding carboxylic acids is 3. The van der Waals surface area contributed by atoms with Crippen molar-refractivity contribution < 1.29 is 36.3 Å². The van der Waals surface area contributed by atoms with Gasteiger partial charge in [-0.25, -0.2) is 12.8 Å². The van der Waals surface area contributed by atoms with E-state index in [1.165, 1.54) is 28.2 Å². The lowest BCUT2D eigenvalue weighted by atomic mass is 10.3. The molecule has 1 saturated heterocycles. The standard InChI is InChI=1S/C25H24FN3O7S/c26-18-8-10-20(11-9-18)37(33,34)24(27-23(31)21-7-4-16-35-21)25(32)29-14-12-28(13-15-29)22(30)17-36-19-5-2-1-3-6-19/h1-11,16,24H,12-15,17H2,(H,27,31). The number of nitrogens with zero attached hydrogens (tertiary/aromatic N) is 2. The fourth-order valence-electron chi connectivity index (χ4n) is 3.73. The van der Waals surface area contributed by atoms with Gasteiger partial charge in [-0.05, 0) is 48.5 Å². The third-order valence-electron chi connectivity index (χ3n) is 5.73. The summed E-state index contributed by atoms with van der Waals surface area (Å²) in [5.74, 6) is -2.35. The first-order valence-corrected chi connectivity index (χ1v) is 12.9. The fraction of sp³-hybridized carbons (Fsp3) is 0.240. The predicted molar refractivity (Wildman–Crippen MR) is 129 cm³/mol. The van der Waals surface area contributed by atoms with E-state index in [0.29, 0.717) is 5.75 Å². The van der Waals surface area contributed by atoms with Crippen LogP contribution in [0.15, 0.2) is 82.3 Å². The van der Waals surface area contributed by atoms with Crippen LogP contribution in [0.1, 0.15) is 10.6 Å². The largest absolute Gasteiger partial charge is 0.484 e. The highest BCUT2D eigenvalue weighted by Gasteiger charge is 2.40. The zero-order valence-corrected chi connectivity index (χ0v) is 20.4. The third kappa shape index (κ3) is 6.15. The second-order valence-corrected chi connectivity index (χ2v) is 10.2.